The molecule has 0 radical (unpaired) electrons. The van der Waals surface area contributed by atoms with Crippen LogP contribution in [-0.2, 0) is 0 Å². The zero-order chi connectivity index (χ0) is 32.7. The Labute approximate surface area is 283 Å². The molecule has 2 aromatic heterocycles. The van der Waals surface area contributed by atoms with Crippen molar-refractivity contribution in [1.82, 2.24) is 15.0 Å². The molecule has 0 bridgehead atoms. The highest BCUT2D eigenvalue weighted by Gasteiger charge is 2.21. The molecule has 2 heterocycles. The van der Waals surface area contributed by atoms with Crippen LogP contribution in [0, 0.1) is 6.92 Å². The standard InChI is InChI=1S/C44H29N3O2/c1-28-13-12-21-35(41(28)48-34-24-23-29-14-8-9-19-32(29)25-34)33-26-37(40-36-20-10-11-22-38(36)49-39(40)27-33)44-46-42(30-15-4-2-5-16-30)45-43(47-44)31-17-6-3-7-18-31/h2-27H,1H3. The molecule has 49 heavy (non-hydrogen) atoms. The van der Waals surface area contributed by atoms with Gasteiger partial charge >= 0.3 is 0 Å². The number of hydrogen-bond acceptors (Lipinski definition) is 5. The molecular weight excluding hydrogens is 603 g/mol. The van der Waals surface area contributed by atoms with Crippen molar-refractivity contribution in [3.8, 4) is 56.8 Å². The minimum atomic E-state index is 0.566. The van der Waals surface area contributed by atoms with Crippen LogP contribution in [0.15, 0.2) is 162 Å². The minimum Gasteiger partial charge on any atom is -0.456 e. The first-order chi connectivity index (χ1) is 24.2. The largest absolute Gasteiger partial charge is 0.456 e. The van der Waals surface area contributed by atoms with E-state index in [1.165, 1.54) is 5.39 Å². The molecule has 0 fully saturated rings. The molecule has 5 heteroatoms. The Hall–Kier alpha value is -6.59. The van der Waals surface area contributed by atoms with Gasteiger partial charge in [0.05, 0.1) is 0 Å². The molecule has 0 aliphatic carbocycles. The first-order valence-electron chi connectivity index (χ1n) is 16.3. The van der Waals surface area contributed by atoms with Gasteiger partial charge in [-0.1, -0.05) is 127 Å². The van der Waals surface area contributed by atoms with E-state index in [0.29, 0.717) is 17.5 Å². The summed E-state index contributed by atoms with van der Waals surface area (Å²) in [6, 6.07) is 53.2. The van der Waals surface area contributed by atoms with E-state index < -0.39 is 0 Å². The summed E-state index contributed by atoms with van der Waals surface area (Å²) < 4.78 is 13.2. The number of nitrogens with zero attached hydrogens (tertiary/aromatic N) is 3. The first kappa shape index (κ1) is 28.6. The molecule has 0 unspecified atom stereocenters. The summed E-state index contributed by atoms with van der Waals surface area (Å²) in [5.74, 6) is 3.33. The second kappa shape index (κ2) is 11.9. The number of benzene rings is 7. The summed E-state index contributed by atoms with van der Waals surface area (Å²) in [6.45, 7) is 2.07. The molecule has 9 aromatic rings. The molecule has 0 aliphatic rings. The Morgan fingerprint density at radius 2 is 1.12 bits per heavy atom. The summed E-state index contributed by atoms with van der Waals surface area (Å²) in [7, 11) is 0. The lowest BCUT2D eigenvalue weighted by molar-refractivity contribution is 0.481. The summed E-state index contributed by atoms with van der Waals surface area (Å²) in [5.41, 5.74) is 7.13. The molecule has 7 aromatic carbocycles. The van der Waals surface area contributed by atoms with Crippen LogP contribution in [0.3, 0.4) is 0 Å². The number of rotatable bonds is 6. The van der Waals surface area contributed by atoms with E-state index in [2.05, 4.69) is 67.6 Å². The highest BCUT2D eigenvalue weighted by Crippen LogP contribution is 2.43. The highest BCUT2D eigenvalue weighted by molar-refractivity contribution is 6.13. The van der Waals surface area contributed by atoms with Crippen molar-refractivity contribution >= 4 is 32.7 Å². The van der Waals surface area contributed by atoms with Crippen LogP contribution in [0.25, 0.3) is 78.0 Å². The Bertz CT molecular complexity index is 2590. The normalized spacial score (nSPS) is 11.4. The zero-order valence-electron chi connectivity index (χ0n) is 26.7. The maximum absolute atomic E-state index is 6.70. The molecule has 0 amide bonds. The van der Waals surface area contributed by atoms with E-state index in [-0.39, 0.29) is 0 Å². The lowest BCUT2D eigenvalue weighted by Gasteiger charge is -2.16. The number of furan rings is 1. The monoisotopic (exact) mass is 631 g/mol. The maximum atomic E-state index is 6.70. The molecule has 0 saturated carbocycles. The lowest BCUT2D eigenvalue weighted by Crippen LogP contribution is -2.00. The molecule has 5 nitrogen and oxygen atoms in total. The topological polar surface area (TPSA) is 61.0 Å². The van der Waals surface area contributed by atoms with Gasteiger partial charge in [0.15, 0.2) is 17.5 Å². The molecule has 0 N–H and O–H groups in total. The molecule has 9 rings (SSSR count). The maximum Gasteiger partial charge on any atom is 0.164 e. The van der Waals surface area contributed by atoms with E-state index in [1.54, 1.807) is 0 Å². The minimum absolute atomic E-state index is 0.566. The van der Waals surface area contributed by atoms with Gasteiger partial charge < -0.3 is 9.15 Å². The van der Waals surface area contributed by atoms with E-state index in [0.717, 1.165) is 72.2 Å². The molecule has 0 aliphatic heterocycles. The quantitative estimate of drug-likeness (QED) is 0.183. The van der Waals surface area contributed by atoms with Crippen molar-refractivity contribution in [3.63, 3.8) is 0 Å². The van der Waals surface area contributed by atoms with Crippen molar-refractivity contribution in [2.24, 2.45) is 0 Å². The fourth-order valence-electron chi connectivity index (χ4n) is 6.48. The van der Waals surface area contributed by atoms with Crippen LogP contribution >= 0.6 is 0 Å². The Morgan fingerprint density at radius 1 is 0.469 bits per heavy atom. The third-order valence-corrected chi connectivity index (χ3v) is 8.88. The highest BCUT2D eigenvalue weighted by atomic mass is 16.5. The number of aryl methyl sites for hydroxylation is 1. The Balaban J connectivity index is 1.28. The average molecular weight is 632 g/mol. The molecule has 0 spiro atoms. The van der Waals surface area contributed by atoms with Crippen LogP contribution in [0.4, 0.5) is 0 Å². The van der Waals surface area contributed by atoms with Gasteiger partial charge in [-0.05, 0) is 59.2 Å². The van der Waals surface area contributed by atoms with Crippen LogP contribution in [0.5, 0.6) is 11.5 Å². The van der Waals surface area contributed by atoms with E-state index >= 15 is 0 Å². The van der Waals surface area contributed by atoms with Crippen molar-refractivity contribution in [2.75, 3.05) is 0 Å². The summed E-state index contributed by atoms with van der Waals surface area (Å²) >= 11 is 0. The predicted octanol–water partition coefficient (Wildman–Crippen LogP) is 11.7. The summed E-state index contributed by atoms with van der Waals surface area (Å²) in [5, 5.41) is 4.24. The van der Waals surface area contributed by atoms with E-state index in [1.807, 2.05) is 97.1 Å². The lowest BCUT2D eigenvalue weighted by atomic mass is 9.96. The number of aromatic nitrogens is 3. The van der Waals surface area contributed by atoms with Gasteiger partial charge in [-0.3, -0.25) is 0 Å². The molecule has 0 saturated heterocycles. The molecule has 0 atom stereocenters. The predicted molar refractivity (Wildman–Crippen MR) is 198 cm³/mol. The van der Waals surface area contributed by atoms with E-state index in [4.69, 9.17) is 24.1 Å². The van der Waals surface area contributed by atoms with Crippen LogP contribution < -0.4 is 4.74 Å². The fourth-order valence-corrected chi connectivity index (χ4v) is 6.48. The van der Waals surface area contributed by atoms with Gasteiger partial charge in [0, 0.05) is 33.0 Å². The Morgan fingerprint density at radius 3 is 1.88 bits per heavy atom. The summed E-state index contributed by atoms with van der Waals surface area (Å²) in [4.78, 5) is 15.2. The average Bonchev–Trinajstić information content (AvgIpc) is 3.54. The molecular formula is C44H29N3O2. The van der Waals surface area contributed by atoms with Gasteiger partial charge in [-0.25, -0.2) is 15.0 Å². The first-order valence-corrected chi connectivity index (χ1v) is 16.3. The van der Waals surface area contributed by atoms with Gasteiger partial charge in [0.25, 0.3) is 0 Å². The SMILES string of the molecule is Cc1cccc(-c2cc(-c3nc(-c4ccccc4)nc(-c4ccccc4)n3)c3c(c2)oc2ccccc23)c1Oc1ccc2ccccc2c1. The number of para-hydroxylation sites is 2. The smallest absolute Gasteiger partial charge is 0.164 e. The van der Waals surface area contributed by atoms with Gasteiger partial charge in [-0.2, -0.15) is 0 Å². The summed E-state index contributed by atoms with van der Waals surface area (Å²) in [6.07, 6.45) is 0. The van der Waals surface area contributed by atoms with Crippen molar-refractivity contribution in [3.05, 3.63) is 163 Å². The van der Waals surface area contributed by atoms with Crippen molar-refractivity contribution in [2.45, 2.75) is 6.92 Å². The third-order valence-electron chi connectivity index (χ3n) is 8.88. The van der Waals surface area contributed by atoms with Gasteiger partial charge in [0.2, 0.25) is 0 Å². The van der Waals surface area contributed by atoms with Crippen molar-refractivity contribution in [1.29, 1.82) is 0 Å². The second-order valence-electron chi connectivity index (χ2n) is 12.1. The van der Waals surface area contributed by atoms with Crippen molar-refractivity contribution < 1.29 is 9.15 Å². The number of fused-ring (bicyclic) bond motifs is 4. The molecule has 232 valence electrons. The Kier molecular flexibility index (Phi) is 6.95. The van der Waals surface area contributed by atoms with Gasteiger partial charge in [0.1, 0.15) is 22.7 Å². The number of hydrogen-bond donors (Lipinski definition) is 0. The number of ether oxygens (including phenoxy) is 1. The van der Waals surface area contributed by atoms with E-state index in [9.17, 15) is 0 Å². The zero-order valence-corrected chi connectivity index (χ0v) is 26.7. The van der Waals surface area contributed by atoms with Gasteiger partial charge in [-0.15, -0.1) is 0 Å². The fraction of sp³-hybridized carbons (Fsp3) is 0.0227. The van der Waals surface area contributed by atoms with Crippen LogP contribution in [0.1, 0.15) is 5.56 Å². The van der Waals surface area contributed by atoms with Crippen LogP contribution in [0.2, 0.25) is 0 Å². The van der Waals surface area contributed by atoms with Crippen LogP contribution in [-0.4, -0.2) is 15.0 Å². The third kappa shape index (κ3) is 5.28. The second-order valence-corrected chi connectivity index (χ2v) is 12.1.